The van der Waals surface area contributed by atoms with E-state index in [1.54, 1.807) is 6.07 Å². The van der Waals surface area contributed by atoms with Gasteiger partial charge in [0.2, 0.25) is 0 Å². The molecule has 7 nitrogen and oxygen atoms in total. The Bertz CT molecular complexity index is 952. The van der Waals surface area contributed by atoms with Crippen molar-refractivity contribution in [3.8, 4) is 5.69 Å². The third-order valence-corrected chi connectivity index (χ3v) is 4.84. The van der Waals surface area contributed by atoms with Gasteiger partial charge in [-0.25, -0.2) is 14.2 Å². The van der Waals surface area contributed by atoms with Gasteiger partial charge in [-0.1, -0.05) is 24.1 Å². The third kappa shape index (κ3) is 3.48. The summed E-state index contributed by atoms with van der Waals surface area (Å²) >= 11 is 0. The van der Waals surface area contributed by atoms with Crippen molar-refractivity contribution in [2.45, 2.75) is 39.7 Å². The van der Waals surface area contributed by atoms with E-state index < -0.39 is 17.2 Å². The molecule has 1 aromatic heterocycles. The second-order valence-electron chi connectivity index (χ2n) is 6.86. The number of aryl methyl sites for hydroxylation is 2. The molecule has 0 aliphatic carbocycles. The van der Waals surface area contributed by atoms with E-state index in [0.717, 1.165) is 48.0 Å². The van der Waals surface area contributed by atoms with Crippen LogP contribution in [0.4, 0.5) is 0 Å². The number of aromatic carboxylic acids is 1. The van der Waals surface area contributed by atoms with Crippen LogP contribution in [0.5, 0.6) is 0 Å². The molecule has 1 saturated heterocycles. The van der Waals surface area contributed by atoms with Gasteiger partial charge in [0, 0.05) is 6.54 Å². The van der Waals surface area contributed by atoms with E-state index in [1.807, 2.05) is 26.0 Å². The van der Waals surface area contributed by atoms with Gasteiger partial charge in [0.05, 0.1) is 11.3 Å². The van der Waals surface area contributed by atoms with Crippen LogP contribution in [0.15, 0.2) is 27.8 Å². The zero-order valence-corrected chi connectivity index (χ0v) is 15.0. The van der Waals surface area contributed by atoms with Crippen molar-refractivity contribution in [3.05, 3.63) is 61.4 Å². The molecule has 1 aliphatic rings. The number of carbonyl (C=O) groups is 1. The lowest BCUT2D eigenvalue weighted by molar-refractivity contribution is 0.0686. The number of nitrogens with zero attached hydrogens (tertiary/aromatic N) is 2. The number of likely N-dealkylation sites (tertiary alicyclic amines) is 1. The number of H-pyrrole nitrogens is 1. The van der Waals surface area contributed by atoms with Crippen molar-refractivity contribution >= 4 is 5.97 Å². The second-order valence-corrected chi connectivity index (χ2v) is 6.86. The molecule has 0 unspecified atom stereocenters. The maximum absolute atomic E-state index is 13.1. The van der Waals surface area contributed by atoms with Crippen LogP contribution < -0.4 is 11.2 Å². The summed E-state index contributed by atoms with van der Waals surface area (Å²) in [6.45, 7) is 5.62. The Morgan fingerprint density at radius 1 is 1.15 bits per heavy atom. The number of benzene rings is 1. The number of carboxylic acids is 1. The normalized spacial score (nSPS) is 15.2. The standard InChI is InChI=1S/C19H23N3O4/c1-12-6-7-15(13(2)10-12)22-17(23)14(11-21-8-4-3-5-9-21)16(18(24)25)20-19(22)26/h6-7,10H,3-5,8-9,11H2,1-2H3,(H,20,26)(H,24,25). The Morgan fingerprint density at radius 2 is 1.85 bits per heavy atom. The smallest absolute Gasteiger partial charge is 0.352 e. The largest absolute Gasteiger partial charge is 0.477 e. The number of piperidine rings is 1. The van der Waals surface area contributed by atoms with E-state index in [2.05, 4.69) is 9.88 Å². The summed E-state index contributed by atoms with van der Waals surface area (Å²) in [5.41, 5.74) is 0.783. The fourth-order valence-corrected chi connectivity index (χ4v) is 3.52. The molecule has 2 heterocycles. The number of hydrogen-bond donors (Lipinski definition) is 2. The van der Waals surface area contributed by atoms with Crippen LogP contribution in [-0.4, -0.2) is 38.6 Å². The highest BCUT2D eigenvalue weighted by molar-refractivity contribution is 5.86. The molecule has 2 aromatic rings. The van der Waals surface area contributed by atoms with E-state index in [4.69, 9.17) is 0 Å². The topological polar surface area (TPSA) is 95.4 Å². The minimum Gasteiger partial charge on any atom is -0.477 e. The zero-order valence-electron chi connectivity index (χ0n) is 15.0. The van der Waals surface area contributed by atoms with Gasteiger partial charge in [0.1, 0.15) is 5.69 Å². The number of carboxylic acid groups (broad SMARTS) is 1. The molecule has 0 atom stereocenters. The van der Waals surface area contributed by atoms with Crippen LogP contribution >= 0.6 is 0 Å². The molecule has 1 fully saturated rings. The van der Waals surface area contributed by atoms with E-state index in [1.165, 1.54) is 0 Å². The number of aromatic amines is 1. The average Bonchev–Trinajstić information content (AvgIpc) is 2.59. The molecule has 1 aromatic carbocycles. The predicted octanol–water partition coefficient (Wildman–Crippen LogP) is 1.83. The maximum Gasteiger partial charge on any atom is 0.352 e. The molecular formula is C19H23N3O4. The first-order valence-electron chi connectivity index (χ1n) is 8.80. The predicted molar refractivity (Wildman–Crippen MR) is 98.2 cm³/mol. The van der Waals surface area contributed by atoms with Crippen molar-refractivity contribution < 1.29 is 9.90 Å². The van der Waals surface area contributed by atoms with Crippen molar-refractivity contribution in [1.29, 1.82) is 0 Å². The quantitative estimate of drug-likeness (QED) is 0.870. The van der Waals surface area contributed by atoms with Crippen LogP contribution in [0.2, 0.25) is 0 Å². The van der Waals surface area contributed by atoms with Crippen molar-refractivity contribution in [1.82, 2.24) is 14.5 Å². The number of rotatable bonds is 4. The molecule has 0 spiro atoms. The Balaban J connectivity index is 2.17. The van der Waals surface area contributed by atoms with E-state index >= 15 is 0 Å². The van der Waals surface area contributed by atoms with E-state index in [0.29, 0.717) is 5.69 Å². The summed E-state index contributed by atoms with van der Waals surface area (Å²) in [5, 5.41) is 9.46. The molecule has 2 N–H and O–H groups in total. The van der Waals surface area contributed by atoms with Gasteiger partial charge >= 0.3 is 11.7 Å². The lowest BCUT2D eigenvalue weighted by Gasteiger charge is -2.26. The molecular weight excluding hydrogens is 334 g/mol. The monoisotopic (exact) mass is 357 g/mol. The lowest BCUT2D eigenvalue weighted by atomic mass is 10.1. The van der Waals surface area contributed by atoms with Crippen LogP contribution in [0, 0.1) is 13.8 Å². The summed E-state index contributed by atoms with van der Waals surface area (Å²) in [4.78, 5) is 41.6. The average molecular weight is 357 g/mol. The van der Waals surface area contributed by atoms with Crippen LogP contribution in [0.3, 0.4) is 0 Å². The molecule has 0 amide bonds. The first-order chi connectivity index (χ1) is 12.4. The molecule has 0 radical (unpaired) electrons. The second kappa shape index (κ2) is 7.29. The summed E-state index contributed by atoms with van der Waals surface area (Å²) in [5.74, 6) is -1.29. The van der Waals surface area contributed by atoms with Crippen LogP contribution in [-0.2, 0) is 6.54 Å². The van der Waals surface area contributed by atoms with Gasteiger partial charge < -0.3 is 10.1 Å². The van der Waals surface area contributed by atoms with Crippen molar-refractivity contribution in [2.75, 3.05) is 13.1 Å². The summed E-state index contributed by atoms with van der Waals surface area (Å²) in [7, 11) is 0. The number of nitrogens with one attached hydrogen (secondary N) is 1. The fourth-order valence-electron chi connectivity index (χ4n) is 3.52. The summed E-state index contributed by atoms with van der Waals surface area (Å²) in [6.07, 6.45) is 3.19. The van der Waals surface area contributed by atoms with Gasteiger partial charge in [-0.3, -0.25) is 9.69 Å². The molecule has 0 saturated carbocycles. The molecule has 3 rings (SSSR count). The Hall–Kier alpha value is -2.67. The SMILES string of the molecule is Cc1ccc(-n2c(=O)[nH]c(C(=O)O)c(CN3CCCCC3)c2=O)c(C)c1. The summed E-state index contributed by atoms with van der Waals surface area (Å²) < 4.78 is 1.04. The van der Waals surface area contributed by atoms with Crippen molar-refractivity contribution in [3.63, 3.8) is 0 Å². The first kappa shape index (κ1) is 18.1. The van der Waals surface area contributed by atoms with Gasteiger partial charge in [0.25, 0.3) is 5.56 Å². The van der Waals surface area contributed by atoms with E-state index in [-0.39, 0.29) is 17.8 Å². The van der Waals surface area contributed by atoms with Crippen LogP contribution in [0.1, 0.15) is 46.4 Å². The highest BCUT2D eigenvalue weighted by atomic mass is 16.4. The van der Waals surface area contributed by atoms with Gasteiger partial charge in [0.15, 0.2) is 0 Å². The third-order valence-electron chi connectivity index (χ3n) is 4.84. The molecule has 0 bridgehead atoms. The lowest BCUT2D eigenvalue weighted by Crippen LogP contribution is -2.41. The molecule has 138 valence electrons. The Labute approximate surface area is 150 Å². The highest BCUT2D eigenvalue weighted by Gasteiger charge is 2.23. The van der Waals surface area contributed by atoms with Gasteiger partial charge in [-0.2, -0.15) is 0 Å². The summed E-state index contributed by atoms with van der Waals surface area (Å²) in [6, 6.07) is 5.42. The fraction of sp³-hybridized carbons (Fsp3) is 0.421. The Kier molecular flexibility index (Phi) is 5.08. The van der Waals surface area contributed by atoms with Gasteiger partial charge in [-0.05, 0) is 51.4 Å². The van der Waals surface area contributed by atoms with E-state index in [9.17, 15) is 19.5 Å². The van der Waals surface area contributed by atoms with Gasteiger partial charge in [-0.15, -0.1) is 0 Å². The minimum atomic E-state index is -1.29. The molecule has 26 heavy (non-hydrogen) atoms. The zero-order chi connectivity index (χ0) is 18.8. The minimum absolute atomic E-state index is 0.124. The maximum atomic E-state index is 13.1. The highest BCUT2D eigenvalue weighted by Crippen LogP contribution is 2.15. The molecule has 1 aliphatic heterocycles. The number of hydrogen-bond acceptors (Lipinski definition) is 4. The molecule has 7 heteroatoms. The first-order valence-corrected chi connectivity index (χ1v) is 8.80. The van der Waals surface area contributed by atoms with Crippen molar-refractivity contribution in [2.24, 2.45) is 0 Å². The Morgan fingerprint density at radius 3 is 2.46 bits per heavy atom. The van der Waals surface area contributed by atoms with Crippen LogP contribution in [0.25, 0.3) is 5.69 Å². The number of aromatic nitrogens is 2.